The summed E-state index contributed by atoms with van der Waals surface area (Å²) in [6.45, 7) is 2.32. The Bertz CT molecular complexity index is 1820. The number of hydrogen-bond acceptors (Lipinski definition) is 2. The summed E-state index contributed by atoms with van der Waals surface area (Å²) in [6, 6.07) is 1.46. The van der Waals surface area contributed by atoms with Crippen molar-refractivity contribution in [2.24, 2.45) is 0 Å². The number of ether oxygens (including phenoxy) is 2. The van der Waals surface area contributed by atoms with Crippen LogP contribution in [-0.2, 0) is 17.0 Å². The zero-order chi connectivity index (χ0) is 34.7. The van der Waals surface area contributed by atoms with E-state index in [9.17, 15) is 52.7 Å². The van der Waals surface area contributed by atoms with E-state index in [1.165, 1.54) is 6.08 Å². The second-order valence-corrected chi connectivity index (χ2v) is 9.80. The molecule has 0 heterocycles. The normalized spacial score (nSPS) is 14.8. The van der Waals surface area contributed by atoms with Crippen molar-refractivity contribution in [2.45, 2.75) is 38.2 Å². The summed E-state index contributed by atoms with van der Waals surface area (Å²) in [5.41, 5.74) is -6.32. The van der Waals surface area contributed by atoms with E-state index in [4.69, 9.17) is 4.74 Å². The highest BCUT2D eigenvalue weighted by atomic mass is 19.4. The molecule has 47 heavy (non-hydrogen) atoms. The van der Waals surface area contributed by atoms with Crippen molar-refractivity contribution in [1.29, 1.82) is 0 Å². The van der Waals surface area contributed by atoms with Crippen LogP contribution in [0.1, 0.15) is 47.6 Å². The molecule has 0 bridgehead atoms. The third-order valence-corrected chi connectivity index (χ3v) is 6.28. The van der Waals surface area contributed by atoms with Crippen molar-refractivity contribution in [3.05, 3.63) is 123 Å². The first-order chi connectivity index (χ1) is 22.0. The molecule has 0 N–H and O–H groups in total. The van der Waals surface area contributed by atoms with E-state index in [-0.39, 0.29) is 41.8 Å². The molecule has 0 aliphatic heterocycles. The van der Waals surface area contributed by atoms with Crippen LogP contribution in [0.5, 0.6) is 5.75 Å². The topological polar surface area (TPSA) is 18.5 Å². The second-order valence-electron chi connectivity index (χ2n) is 9.80. The Hall–Kier alpha value is -4.82. The lowest BCUT2D eigenvalue weighted by Gasteiger charge is -2.20. The molecule has 1 aliphatic carbocycles. The molecule has 1 atom stereocenters. The fourth-order valence-corrected chi connectivity index (χ4v) is 4.18. The number of alkyl halides is 5. The zero-order valence-electron chi connectivity index (χ0n) is 23.7. The van der Waals surface area contributed by atoms with Gasteiger partial charge in [0, 0.05) is 36.3 Å². The van der Waals surface area contributed by atoms with Crippen LogP contribution in [0.3, 0.4) is 0 Å². The highest BCUT2D eigenvalue weighted by molar-refractivity contribution is 5.51. The second kappa shape index (κ2) is 13.9. The predicted octanol–water partition coefficient (Wildman–Crippen LogP) is 9.40. The fourth-order valence-electron chi connectivity index (χ4n) is 4.18. The highest BCUT2D eigenvalue weighted by Crippen LogP contribution is 2.39. The predicted molar refractivity (Wildman–Crippen MR) is 143 cm³/mol. The molecule has 3 aromatic rings. The minimum atomic E-state index is -5.52. The summed E-state index contributed by atoms with van der Waals surface area (Å²) in [5, 5.41) is 0. The van der Waals surface area contributed by atoms with Gasteiger partial charge in [-0.3, -0.25) is 0 Å². The summed E-state index contributed by atoms with van der Waals surface area (Å²) < 4.78 is 177. The first kappa shape index (κ1) is 35.0. The molecule has 0 saturated heterocycles. The van der Waals surface area contributed by atoms with Crippen LogP contribution in [-0.4, -0.2) is 12.7 Å². The van der Waals surface area contributed by atoms with Crippen molar-refractivity contribution in [2.75, 3.05) is 6.61 Å². The molecular weight excluding hydrogens is 656 g/mol. The lowest BCUT2D eigenvalue weighted by molar-refractivity contribution is -0.189. The van der Waals surface area contributed by atoms with Crippen molar-refractivity contribution < 1.29 is 62.2 Å². The van der Waals surface area contributed by atoms with Gasteiger partial charge in [-0.25, -0.2) is 30.7 Å². The average Bonchev–Trinajstić information content (AvgIpc) is 2.93. The number of rotatable bonds is 6. The van der Waals surface area contributed by atoms with Gasteiger partial charge in [0.15, 0.2) is 0 Å². The van der Waals surface area contributed by atoms with Gasteiger partial charge in [0.05, 0.1) is 17.2 Å². The van der Waals surface area contributed by atoms with Crippen LogP contribution in [0.15, 0.2) is 60.0 Å². The molecule has 0 radical (unpaired) electrons. The van der Waals surface area contributed by atoms with Gasteiger partial charge in [-0.05, 0) is 36.8 Å². The van der Waals surface area contributed by atoms with Crippen molar-refractivity contribution in [3.8, 4) is 29.4 Å². The van der Waals surface area contributed by atoms with Gasteiger partial charge >= 0.3 is 12.3 Å². The van der Waals surface area contributed by atoms with Gasteiger partial charge in [0.25, 0.3) is 0 Å². The Kier molecular flexibility index (Phi) is 10.4. The maximum atomic E-state index is 14.7. The quantitative estimate of drug-likeness (QED) is 0.192. The zero-order valence-corrected chi connectivity index (χ0v) is 23.7. The first-order valence-electron chi connectivity index (χ1n) is 13.3. The number of allylic oxidation sites excluding steroid dienone is 2. The molecule has 0 fully saturated rings. The van der Waals surface area contributed by atoms with Gasteiger partial charge in [-0.2, -0.15) is 22.0 Å². The molecule has 0 aromatic heterocycles. The summed E-state index contributed by atoms with van der Waals surface area (Å²) in [6.07, 6.45) is -7.37. The standard InChI is InChI=1S/C33H18F12O2/c1-2-9-46-20-7-6-19(23(34)14-20)5-3-17-10-24(35)22(25(36)11-17)8-4-18-12-26(37)31(27(38)13-18)33(44,45)47-21-15-28(39)30(29(40)16-21)32(41,42)43/h6-7,10-13,15-16,20H,2,9,14H2,1H3. The van der Waals surface area contributed by atoms with Crippen LogP contribution >= 0.6 is 0 Å². The SMILES string of the molecule is CCCOC1C=CC(C#Cc2cc(F)c(C#Cc3cc(F)c(C(F)(F)Oc4cc(F)c(C(F)(F)F)c(F)c4)c(F)c3)c(F)c2)=C(F)C1. The monoisotopic (exact) mass is 674 g/mol. The van der Waals surface area contributed by atoms with E-state index in [1.807, 2.05) is 18.8 Å². The fraction of sp³-hybridized carbons (Fsp3) is 0.212. The molecule has 1 aliphatic rings. The minimum Gasteiger partial charge on any atom is -0.429 e. The molecule has 4 rings (SSSR count). The lowest BCUT2D eigenvalue weighted by Crippen LogP contribution is -2.25. The number of benzene rings is 3. The van der Waals surface area contributed by atoms with E-state index < -0.39 is 87.1 Å². The Labute approximate surface area is 259 Å². The van der Waals surface area contributed by atoms with Crippen molar-refractivity contribution >= 4 is 0 Å². The molecule has 2 nitrogen and oxygen atoms in total. The maximum Gasteiger partial charge on any atom is 0.432 e. The van der Waals surface area contributed by atoms with Gasteiger partial charge in [-0.1, -0.05) is 36.7 Å². The van der Waals surface area contributed by atoms with Gasteiger partial charge in [0.1, 0.15) is 57.6 Å². The summed E-state index contributed by atoms with van der Waals surface area (Å²) in [5.74, 6) is -4.50. The summed E-state index contributed by atoms with van der Waals surface area (Å²) in [4.78, 5) is 0. The number of halogens is 12. The van der Waals surface area contributed by atoms with Gasteiger partial charge in [-0.15, -0.1) is 0 Å². The molecule has 246 valence electrons. The molecular formula is C33H18F12O2. The van der Waals surface area contributed by atoms with Gasteiger partial charge in [0.2, 0.25) is 0 Å². The van der Waals surface area contributed by atoms with E-state index in [2.05, 4.69) is 16.6 Å². The van der Waals surface area contributed by atoms with Crippen LogP contribution < -0.4 is 4.74 Å². The van der Waals surface area contributed by atoms with E-state index >= 15 is 0 Å². The summed E-state index contributed by atoms with van der Waals surface area (Å²) >= 11 is 0. The Morgan fingerprint density at radius 3 is 1.70 bits per heavy atom. The van der Waals surface area contributed by atoms with E-state index in [0.717, 1.165) is 18.6 Å². The third-order valence-electron chi connectivity index (χ3n) is 6.28. The Balaban J connectivity index is 1.54. The molecule has 1 unspecified atom stereocenters. The minimum absolute atomic E-state index is 0.0202. The van der Waals surface area contributed by atoms with E-state index in [0.29, 0.717) is 6.61 Å². The molecule has 0 spiro atoms. The van der Waals surface area contributed by atoms with E-state index in [1.54, 1.807) is 6.08 Å². The number of hydrogen-bond donors (Lipinski definition) is 0. The molecule has 3 aromatic carbocycles. The van der Waals surface area contributed by atoms with Crippen molar-refractivity contribution in [1.82, 2.24) is 0 Å². The van der Waals surface area contributed by atoms with Crippen LogP contribution in [0, 0.1) is 58.6 Å². The Morgan fingerprint density at radius 1 is 0.681 bits per heavy atom. The first-order valence-corrected chi connectivity index (χ1v) is 13.3. The molecule has 0 saturated carbocycles. The smallest absolute Gasteiger partial charge is 0.429 e. The lowest BCUT2D eigenvalue weighted by atomic mass is 10.0. The average molecular weight is 674 g/mol. The Morgan fingerprint density at radius 2 is 1.19 bits per heavy atom. The third kappa shape index (κ3) is 8.32. The van der Waals surface area contributed by atoms with Crippen molar-refractivity contribution in [3.63, 3.8) is 0 Å². The molecule has 14 heteroatoms. The highest BCUT2D eigenvalue weighted by Gasteiger charge is 2.43. The van der Waals surface area contributed by atoms with Gasteiger partial charge < -0.3 is 9.47 Å². The van der Waals surface area contributed by atoms with Crippen LogP contribution in [0.4, 0.5) is 52.7 Å². The maximum absolute atomic E-state index is 14.7. The van der Waals surface area contributed by atoms with Crippen LogP contribution in [0.2, 0.25) is 0 Å². The van der Waals surface area contributed by atoms with Crippen LogP contribution in [0.25, 0.3) is 0 Å². The largest absolute Gasteiger partial charge is 0.432 e. The summed E-state index contributed by atoms with van der Waals surface area (Å²) in [7, 11) is 0. The molecule has 0 amide bonds.